The molecule has 2 fully saturated rings. The lowest BCUT2D eigenvalue weighted by molar-refractivity contribution is 0.00764. The molecule has 0 bridgehead atoms. The van der Waals surface area contributed by atoms with E-state index in [9.17, 15) is 10.1 Å². The number of benzene rings is 1. The van der Waals surface area contributed by atoms with Gasteiger partial charge >= 0.3 is 0 Å². The number of anilines is 1. The normalized spacial score (nSPS) is 18.0. The van der Waals surface area contributed by atoms with Gasteiger partial charge in [-0.1, -0.05) is 11.6 Å². The van der Waals surface area contributed by atoms with Gasteiger partial charge in [-0.15, -0.1) is 0 Å². The van der Waals surface area contributed by atoms with Gasteiger partial charge in [0.15, 0.2) is 5.65 Å². The fourth-order valence-electron chi connectivity index (χ4n) is 4.23. The number of aromatic amines is 1. The minimum absolute atomic E-state index is 0.0896. The van der Waals surface area contributed by atoms with Crippen LogP contribution in [0.1, 0.15) is 41.5 Å². The highest BCUT2D eigenvalue weighted by atomic mass is 35.5. The summed E-state index contributed by atoms with van der Waals surface area (Å²) >= 11 is 5.99. The van der Waals surface area contributed by atoms with E-state index < -0.39 is 0 Å². The summed E-state index contributed by atoms with van der Waals surface area (Å²) in [6.45, 7) is 2.84. The van der Waals surface area contributed by atoms with Gasteiger partial charge in [0.25, 0.3) is 5.56 Å². The molecular formula is C21H20ClN5O2. The van der Waals surface area contributed by atoms with Crippen LogP contribution in [-0.4, -0.2) is 40.9 Å². The molecule has 2 aliphatic rings. The van der Waals surface area contributed by atoms with Gasteiger partial charge in [-0.25, -0.2) is 4.98 Å². The number of nitrogens with one attached hydrogen (secondary N) is 1. The topological polar surface area (TPSA) is 86.4 Å². The van der Waals surface area contributed by atoms with E-state index in [-0.39, 0.29) is 17.4 Å². The highest BCUT2D eigenvalue weighted by Crippen LogP contribution is 2.33. The summed E-state index contributed by atoms with van der Waals surface area (Å²) in [5, 5.41) is 13.7. The molecule has 0 unspecified atom stereocenters. The molecule has 0 aliphatic carbocycles. The Bertz CT molecular complexity index is 1150. The average Bonchev–Trinajstić information content (AvgIpc) is 3.09. The zero-order valence-corrected chi connectivity index (χ0v) is 16.5. The molecular weight excluding hydrogens is 390 g/mol. The molecule has 2 aromatic heterocycles. The Labute approximate surface area is 172 Å². The predicted molar refractivity (Wildman–Crippen MR) is 110 cm³/mol. The molecule has 2 aliphatic heterocycles. The Morgan fingerprint density at radius 3 is 2.52 bits per heavy atom. The molecule has 8 heteroatoms. The lowest BCUT2D eigenvalue weighted by Gasteiger charge is -2.33. The van der Waals surface area contributed by atoms with Crippen molar-refractivity contribution < 1.29 is 4.74 Å². The maximum Gasteiger partial charge on any atom is 0.276 e. The molecule has 0 amide bonds. The second-order valence-corrected chi connectivity index (χ2v) is 8.10. The highest BCUT2D eigenvalue weighted by molar-refractivity contribution is 6.30. The molecule has 7 nitrogen and oxygen atoms in total. The Balaban J connectivity index is 1.43. The molecule has 0 spiro atoms. The van der Waals surface area contributed by atoms with E-state index in [1.807, 2.05) is 24.3 Å². The third kappa shape index (κ3) is 3.09. The van der Waals surface area contributed by atoms with Crippen LogP contribution in [0.15, 0.2) is 35.3 Å². The number of hydrogen-bond acceptors (Lipinski definition) is 5. The number of nitriles is 1. The van der Waals surface area contributed by atoms with Gasteiger partial charge in [-0.05, 0) is 37.1 Å². The van der Waals surface area contributed by atoms with Crippen molar-refractivity contribution in [2.45, 2.75) is 24.7 Å². The standard InChI is InChI=1S/C21H20ClN5O2/c22-15-1-3-16(4-2-15)26-7-5-13(6-8-26)19-17(9-23)20-24-10-18(14-11-29-12-14)21(28)27(20)25-19/h1-4,10,13-14,25H,5-8,11-12H2. The van der Waals surface area contributed by atoms with Crippen molar-refractivity contribution in [3.63, 3.8) is 0 Å². The molecule has 1 N–H and O–H groups in total. The van der Waals surface area contributed by atoms with E-state index in [0.29, 0.717) is 30.0 Å². The number of halogens is 1. The summed E-state index contributed by atoms with van der Waals surface area (Å²) in [7, 11) is 0. The van der Waals surface area contributed by atoms with Crippen molar-refractivity contribution in [3.05, 3.63) is 62.7 Å². The van der Waals surface area contributed by atoms with Gasteiger partial charge in [-0.3, -0.25) is 9.89 Å². The molecule has 0 atom stereocenters. The van der Waals surface area contributed by atoms with Crippen molar-refractivity contribution in [1.29, 1.82) is 5.26 Å². The molecule has 0 radical (unpaired) electrons. The Morgan fingerprint density at radius 1 is 1.17 bits per heavy atom. The van der Waals surface area contributed by atoms with E-state index in [1.165, 1.54) is 4.52 Å². The van der Waals surface area contributed by atoms with Crippen LogP contribution in [0.2, 0.25) is 5.02 Å². The number of aromatic nitrogens is 3. The van der Waals surface area contributed by atoms with Crippen molar-refractivity contribution in [3.8, 4) is 6.07 Å². The molecule has 3 aromatic rings. The fraction of sp³-hybridized carbons (Fsp3) is 0.381. The van der Waals surface area contributed by atoms with E-state index in [4.69, 9.17) is 16.3 Å². The van der Waals surface area contributed by atoms with Gasteiger partial charge in [0.05, 0.1) is 18.9 Å². The quantitative estimate of drug-likeness (QED) is 0.718. The molecule has 1 aromatic carbocycles. The molecule has 2 saturated heterocycles. The summed E-state index contributed by atoms with van der Waals surface area (Å²) in [6.07, 6.45) is 3.39. The lowest BCUT2D eigenvalue weighted by atomic mass is 9.91. The zero-order valence-electron chi connectivity index (χ0n) is 15.8. The van der Waals surface area contributed by atoms with Crippen molar-refractivity contribution >= 4 is 22.9 Å². The minimum atomic E-state index is -0.135. The van der Waals surface area contributed by atoms with E-state index in [1.54, 1.807) is 6.20 Å². The summed E-state index contributed by atoms with van der Waals surface area (Å²) in [4.78, 5) is 19.7. The highest BCUT2D eigenvalue weighted by Gasteiger charge is 2.29. The summed E-state index contributed by atoms with van der Waals surface area (Å²) in [5.74, 6) is 0.275. The number of ether oxygens (including phenoxy) is 1. The largest absolute Gasteiger partial charge is 0.380 e. The maximum absolute atomic E-state index is 12.9. The number of hydrogen-bond donors (Lipinski definition) is 1. The van der Waals surface area contributed by atoms with Gasteiger partial charge in [0, 0.05) is 47.4 Å². The lowest BCUT2D eigenvalue weighted by Crippen LogP contribution is -2.33. The smallest absolute Gasteiger partial charge is 0.276 e. The van der Waals surface area contributed by atoms with Crippen LogP contribution in [0.4, 0.5) is 5.69 Å². The van der Waals surface area contributed by atoms with Crippen LogP contribution in [0.25, 0.3) is 5.65 Å². The van der Waals surface area contributed by atoms with Gasteiger partial charge in [-0.2, -0.15) is 9.78 Å². The first-order valence-corrected chi connectivity index (χ1v) is 10.2. The average molecular weight is 410 g/mol. The van der Waals surface area contributed by atoms with Crippen LogP contribution in [0.3, 0.4) is 0 Å². The SMILES string of the molecule is N#Cc1c(C2CCN(c3ccc(Cl)cc3)CC2)[nH]n2c(=O)c(C3COC3)cnc12. The zero-order chi connectivity index (χ0) is 20.0. The van der Waals surface area contributed by atoms with Crippen LogP contribution < -0.4 is 10.5 Å². The molecule has 4 heterocycles. The number of fused-ring (bicyclic) bond motifs is 1. The van der Waals surface area contributed by atoms with Gasteiger partial charge < -0.3 is 9.64 Å². The van der Waals surface area contributed by atoms with Crippen LogP contribution in [0, 0.1) is 11.3 Å². The number of H-pyrrole nitrogens is 1. The molecule has 5 rings (SSSR count). The van der Waals surface area contributed by atoms with E-state index in [0.717, 1.165) is 42.3 Å². The van der Waals surface area contributed by atoms with E-state index >= 15 is 0 Å². The number of nitrogens with zero attached hydrogens (tertiary/aromatic N) is 4. The van der Waals surface area contributed by atoms with Crippen LogP contribution >= 0.6 is 11.6 Å². The Kier molecular flexibility index (Phi) is 4.53. The number of piperidine rings is 1. The third-order valence-corrected chi connectivity index (χ3v) is 6.25. The molecule has 0 saturated carbocycles. The second-order valence-electron chi connectivity index (χ2n) is 7.66. The first kappa shape index (κ1) is 18.2. The van der Waals surface area contributed by atoms with Gasteiger partial charge in [0.1, 0.15) is 11.6 Å². The minimum Gasteiger partial charge on any atom is -0.380 e. The maximum atomic E-state index is 12.9. The number of rotatable bonds is 3. The Morgan fingerprint density at radius 2 is 1.90 bits per heavy atom. The van der Waals surface area contributed by atoms with Crippen molar-refractivity contribution in [1.82, 2.24) is 14.6 Å². The van der Waals surface area contributed by atoms with Gasteiger partial charge in [0.2, 0.25) is 0 Å². The second kappa shape index (κ2) is 7.21. The predicted octanol–water partition coefficient (Wildman–Crippen LogP) is 3.05. The monoisotopic (exact) mass is 409 g/mol. The molecule has 148 valence electrons. The summed E-state index contributed by atoms with van der Waals surface area (Å²) < 4.78 is 6.64. The Hall–Kier alpha value is -2.82. The van der Waals surface area contributed by atoms with Crippen LogP contribution in [0.5, 0.6) is 0 Å². The van der Waals surface area contributed by atoms with E-state index in [2.05, 4.69) is 21.1 Å². The van der Waals surface area contributed by atoms with Crippen molar-refractivity contribution in [2.75, 3.05) is 31.2 Å². The summed E-state index contributed by atoms with van der Waals surface area (Å²) in [5.41, 5.74) is 3.36. The first-order chi connectivity index (χ1) is 14.2. The van der Waals surface area contributed by atoms with Crippen molar-refractivity contribution in [2.24, 2.45) is 0 Å². The fourth-order valence-corrected chi connectivity index (χ4v) is 4.35. The molecule has 29 heavy (non-hydrogen) atoms. The van der Waals surface area contributed by atoms with Crippen LogP contribution in [-0.2, 0) is 4.74 Å². The summed E-state index contributed by atoms with van der Waals surface area (Å²) in [6, 6.07) is 10.1. The third-order valence-electron chi connectivity index (χ3n) is 6.00. The first-order valence-electron chi connectivity index (χ1n) is 9.77.